The van der Waals surface area contributed by atoms with Gasteiger partial charge in [0.15, 0.2) is 5.71 Å². The molecule has 0 aliphatic heterocycles. The molecule has 0 atom stereocenters. The number of aliphatic imine (C=N–C) groups is 1. The molecule has 0 radical (unpaired) electrons. The van der Waals surface area contributed by atoms with Crippen LogP contribution in [0.15, 0.2) is 58.3 Å². The molecule has 0 fully saturated rings. The van der Waals surface area contributed by atoms with E-state index in [0.717, 1.165) is 5.56 Å². The van der Waals surface area contributed by atoms with Crippen LogP contribution < -0.4 is 5.56 Å². The van der Waals surface area contributed by atoms with E-state index < -0.39 is 0 Å². The maximum Gasteiger partial charge on any atom is 0.281 e. The molecule has 0 aliphatic rings. The minimum absolute atomic E-state index is 0.118. The second-order valence-corrected chi connectivity index (χ2v) is 8.86. The maximum atomic E-state index is 13.3. The first kappa shape index (κ1) is 21.3. The largest absolute Gasteiger partial charge is 0.294 e. The first-order valence-electron chi connectivity index (χ1n) is 10.1. The Morgan fingerprint density at radius 1 is 1.13 bits per heavy atom. The van der Waals surface area contributed by atoms with Crippen LogP contribution in [-0.2, 0) is 5.41 Å². The van der Waals surface area contributed by atoms with Crippen molar-refractivity contribution < 1.29 is 0 Å². The molecule has 3 aromatic rings. The summed E-state index contributed by atoms with van der Waals surface area (Å²) in [4.78, 5) is 17.9. The highest BCUT2D eigenvalue weighted by molar-refractivity contribution is 6.13. The highest BCUT2D eigenvalue weighted by Crippen LogP contribution is 2.27. The van der Waals surface area contributed by atoms with Crippen LogP contribution in [0.25, 0.3) is 5.69 Å². The summed E-state index contributed by atoms with van der Waals surface area (Å²) in [5.41, 5.74) is 4.23. The van der Waals surface area contributed by atoms with E-state index >= 15 is 0 Å². The van der Waals surface area contributed by atoms with Crippen molar-refractivity contribution in [2.24, 2.45) is 4.99 Å². The first-order chi connectivity index (χ1) is 14.1. The third-order valence-electron chi connectivity index (χ3n) is 5.11. The monoisotopic (exact) mass is 400 g/mol. The molecule has 0 saturated heterocycles. The number of hydrogen-bond acceptors (Lipinski definition) is 3. The predicted octanol–water partition coefficient (Wildman–Crippen LogP) is 5.54. The molecule has 0 unspecified atom stereocenters. The van der Waals surface area contributed by atoms with Crippen LogP contribution in [-0.4, -0.2) is 15.5 Å². The molecule has 3 rings (SSSR count). The van der Waals surface area contributed by atoms with Gasteiger partial charge in [0.2, 0.25) is 0 Å². The highest BCUT2D eigenvalue weighted by Gasteiger charge is 2.28. The van der Waals surface area contributed by atoms with Crippen molar-refractivity contribution in [2.75, 3.05) is 0 Å². The Kier molecular flexibility index (Phi) is 5.80. The van der Waals surface area contributed by atoms with E-state index in [1.54, 1.807) is 0 Å². The number of benzene rings is 2. The van der Waals surface area contributed by atoms with Crippen LogP contribution in [0.5, 0.6) is 0 Å². The summed E-state index contributed by atoms with van der Waals surface area (Å²) in [6.45, 7) is 12.4. The molecule has 30 heavy (non-hydrogen) atoms. The Morgan fingerprint density at radius 2 is 1.80 bits per heavy atom. The van der Waals surface area contributed by atoms with Crippen LogP contribution in [0.4, 0.5) is 5.69 Å². The van der Waals surface area contributed by atoms with E-state index in [-0.39, 0.29) is 16.7 Å². The van der Waals surface area contributed by atoms with Crippen LogP contribution in [0, 0.1) is 18.3 Å². The fourth-order valence-electron chi connectivity index (χ4n) is 3.60. The van der Waals surface area contributed by atoms with Gasteiger partial charge in [-0.1, -0.05) is 58.9 Å². The minimum atomic E-state index is -0.371. The van der Waals surface area contributed by atoms with Gasteiger partial charge in [0.1, 0.15) is 6.07 Å². The zero-order chi connectivity index (χ0) is 22.1. The molecule has 0 saturated carbocycles. The summed E-state index contributed by atoms with van der Waals surface area (Å²) in [6.07, 6.45) is 0. The van der Waals surface area contributed by atoms with Crippen molar-refractivity contribution in [1.29, 1.82) is 5.26 Å². The van der Waals surface area contributed by atoms with E-state index in [9.17, 15) is 10.1 Å². The van der Waals surface area contributed by atoms with Crippen LogP contribution in [0.3, 0.4) is 0 Å². The minimum Gasteiger partial charge on any atom is -0.294 e. The third-order valence-corrected chi connectivity index (χ3v) is 5.11. The third kappa shape index (κ3) is 4.13. The maximum absolute atomic E-state index is 13.3. The van der Waals surface area contributed by atoms with Gasteiger partial charge in [-0.2, -0.15) is 5.26 Å². The Labute approximate surface area is 177 Å². The van der Waals surface area contributed by atoms with Gasteiger partial charge in [-0.3, -0.25) is 9.89 Å². The van der Waals surface area contributed by atoms with Gasteiger partial charge in [0.25, 0.3) is 5.56 Å². The molecule has 0 spiro atoms. The Bertz CT molecular complexity index is 1180. The summed E-state index contributed by atoms with van der Waals surface area (Å²) in [5, 5.41) is 13.1. The number of aromatic nitrogens is 2. The van der Waals surface area contributed by atoms with Gasteiger partial charge < -0.3 is 0 Å². The van der Waals surface area contributed by atoms with Crippen molar-refractivity contribution in [2.45, 2.75) is 52.9 Å². The molecule has 5 nitrogen and oxygen atoms in total. The van der Waals surface area contributed by atoms with E-state index in [2.05, 4.69) is 30.0 Å². The predicted molar refractivity (Wildman–Crippen MR) is 122 cm³/mol. The number of rotatable bonds is 4. The van der Waals surface area contributed by atoms with Gasteiger partial charge in [-0.15, -0.1) is 0 Å². The second-order valence-electron chi connectivity index (χ2n) is 8.86. The quantitative estimate of drug-likeness (QED) is 0.584. The van der Waals surface area contributed by atoms with E-state index in [0.29, 0.717) is 28.6 Å². The molecule has 0 aliphatic carbocycles. The molecule has 0 amide bonds. The van der Waals surface area contributed by atoms with Crippen molar-refractivity contribution in [3.8, 4) is 11.8 Å². The molecule has 1 heterocycles. The lowest BCUT2D eigenvalue weighted by molar-refractivity contribution is 0.559. The van der Waals surface area contributed by atoms with Gasteiger partial charge >= 0.3 is 0 Å². The smallest absolute Gasteiger partial charge is 0.281 e. The average Bonchev–Trinajstić information content (AvgIpc) is 3.04. The zero-order valence-electron chi connectivity index (χ0n) is 18.4. The van der Waals surface area contributed by atoms with E-state index in [4.69, 9.17) is 0 Å². The van der Waals surface area contributed by atoms with Crippen LogP contribution in [0.1, 0.15) is 62.9 Å². The zero-order valence-corrected chi connectivity index (χ0v) is 18.4. The number of aromatic amines is 1. The standard InChI is InChI=1S/C25H28N4O/c1-16(2)20-13-12-18(14-17(20)3)27-21(15-26)22-23(25(4,5)6)28-29(24(22)30)19-10-8-7-9-11-19/h7-14,16,28H,1-6H3. The molecule has 154 valence electrons. The Morgan fingerprint density at radius 3 is 2.33 bits per heavy atom. The molecule has 2 aromatic carbocycles. The molecular weight excluding hydrogens is 372 g/mol. The van der Waals surface area contributed by atoms with Gasteiger partial charge in [0.05, 0.1) is 22.6 Å². The molecule has 5 heteroatoms. The number of nitriles is 1. The van der Waals surface area contributed by atoms with Gasteiger partial charge in [-0.25, -0.2) is 9.67 Å². The van der Waals surface area contributed by atoms with Crippen molar-refractivity contribution in [3.63, 3.8) is 0 Å². The van der Waals surface area contributed by atoms with Gasteiger partial charge in [-0.05, 0) is 48.2 Å². The fraction of sp³-hybridized carbons (Fsp3) is 0.320. The van der Waals surface area contributed by atoms with Crippen LogP contribution >= 0.6 is 0 Å². The summed E-state index contributed by atoms with van der Waals surface area (Å²) < 4.78 is 1.48. The summed E-state index contributed by atoms with van der Waals surface area (Å²) in [5.74, 6) is 0.411. The van der Waals surface area contributed by atoms with Crippen molar-refractivity contribution >= 4 is 11.4 Å². The Balaban J connectivity index is 2.21. The van der Waals surface area contributed by atoms with Crippen molar-refractivity contribution in [1.82, 2.24) is 9.78 Å². The van der Waals surface area contributed by atoms with Crippen LogP contribution in [0.2, 0.25) is 0 Å². The number of para-hydroxylation sites is 1. The number of nitrogens with one attached hydrogen (secondary N) is 1. The lowest BCUT2D eigenvalue weighted by atomic mass is 9.88. The molecular formula is C25H28N4O. The molecule has 1 aromatic heterocycles. The van der Waals surface area contributed by atoms with E-state index in [1.807, 2.05) is 76.2 Å². The molecule has 0 bridgehead atoms. The molecule has 1 N–H and O–H groups in total. The lowest BCUT2D eigenvalue weighted by Crippen LogP contribution is -2.22. The summed E-state index contributed by atoms with van der Waals surface area (Å²) in [7, 11) is 0. The second kappa shape index (κ2) is 8.16. The van der Waals surface area contributed by atoms with E-state index in [1.165, 1.54) is 10.2 Å². The summed E-state index contributed by atoms with van der Waals surface area (Å²) in [6, 6.07) is 17.4. The number of aryl methyl sites for hydroxylation is 1. The average molecular weight is 401 g/mol. The number of hydrogen-bond donors (Lipinski definition) is 1. The lowest BCUT2D eigenvalue weighted by Gasteiger charge is -2.18. The SMILES string of the molecule is Cc1cc(N=C(C#N)c2c(C(C)(C)C)[nH]n(-c3ccccc3)c2=O)ccc1C(C)C. The fourth-order valence-corrected chi connectivity index (χ4v) is 3.60. The number of nitrogens with zero attached hydrogens (tertiary/aromatic N) is 3. The highest BCUT2D eigenvalue weighted by atomic mass is 16.1. The van der Waals surface area contributed by atoms with Crippen molar-refractivity contribution in [3.05, 3.63) is 81.3 Å². The normalized spacial score (nSPS) is 12.3. The number of H-pyrrole nitrogens is 1. The Hall–Kier alpha value is -3.39. The first-order valence-corrected chi connectivity index (χ1v) is 10.1. The topological polar surface area (TPSA) is 73.9 Å². The van der Waals surface area contributed by atoms with Gasteiger partial charge in [0, 0.05) is 5.41 Å². The summed E-state index contributed by atoms with van der Waals surface area (Å²) >= 11 is 0.